The molecule has 7 nitrogen and oxygen atoms in total. The zero-order chi connectivity index (χ0) is 25.7. The molecule has 192 valence electrons. The third kappa shape index (κ3) is 5.59. The van der Waals surface area contributed by atoms with E-state index in [2.05, 4.69) is 63.7 Å². The molecule has 1 atom stereocenters. The maximum Gasteiger partial charge on any atom is 0.222 e. The molecule has 2 aromatic carbocycles. The van der Waals surface area contributed by atoms with E-state index in [9.17, 15) is 5.21 Å². The van der Waals surface area contributed by atoms with E-state index in [0.29, 0.717) is 0 Å². The average Bonchev–Trinajstić information content (AvgIpc) is 3.37. The molecule has 0 amide bonds. The summed E-state index contributed by atoms with van der Waals surface area (Å²) in [5, 5.41) is 12.9. The number of rotatable bonds is 9. The number of fused-ring (bicyclic) bond motifs is 2. The number of aryl methyl sites for hydroxylation is 1. The van der Waals surface area contributed by atoms with Gasteiger partial charge in [-0.2, -0.15) is 0 Å². The van der Waals surface area contributed by atoms with Crippen LogP contribution in [0.1, 0.15) is 52.7 Å². The van der Waals surface area contributed by atoms with Gasteiger partial charge in [-0.3, -0.25) is 15.1 Å². The Morgan fingerprint density at radius 2 is 1.66 bits per heavy atom. The molecule has 0 spiro atoms. The predicted octanol–water partition coefficient (Wildman–Crippen LogP) is 4.85. The fourth-order valence-corrected chi connectivity index (χ4v) is 5.41. The van der Waals surface area contributed by atoms with Crippen LogP contribution < -0.4 is 10.0 Å². The number of nitrogens with zero attached hydrogens (tertiary/aromatic N) is 4. The molecule has 0 radical (unpaired) electrons. The molecule has 0 fully saturated rings. The Kier molecular flexibility index (Phi) is 7.11. The summed E-state index contributed by atoms with van der Waals surface area (Å²) in [6.07, 6.45) is 8.58. The van der Waals surface area contributed by atoms with Gasteiger partial charge in [0.05, 0.1) is 29.3 Å². The Morgan fingerprint density at radius 3 is 2.47 bits per heavy atom. The highest BCUT2D eigenvalue weighted by atomic mass is 16.5. The molecule has 6 rings (SSSR count). The summed E-state index contributed by atoms with van der Waals surface area (Å²) in [6, 6.07) is 25.5. The minimum Gasteiger partial charge on any atom is -0.341 e. The molecule has 1 aliphatic rings. The van der Waals surface area contributed by atoms with Gasteiger partial charge in [0.1, 0.15) is 5.82 Å². The van der Waals surface area contributed by atoms with Gasteiger partial charge in [-0.1, -0.05) is 42.5 Å². The van der Waals surface area contributed by atoms with E-state index in [0.717, 1.165) is 66.2 Å². The highest BCUT2D eigenvalue weighted by molar-refractivity contribution is 5.74. The summed E-state index contributed by atoms with van der Waals surface area (Å²) in [5.41, 5.74) is 8.32. The molecule has 3 heterocycles. The summed E-state index contributed by atoms with van der Waals surface area (Å²) in [7, 11) is 0. The highest BCUT2D eigenvalue weighted by Crippen LogP contribution is 2.34. The van der Waals surface area contributed by atoms with Gasteiger partial charge in [-0.05, 0) is 59.7 Å². The number of para-hydroxylation sites is 2. The van der Waals surface area contributed by atoms with Crippen molar-refractivity contribution < 1.29 is 9.94 Å². The number of hydrogen-bond acceptors (Lipinski definition) is 5. The van der Waals surface area contributed by atoms with E-state index in [1.807, 2.05) is 30.5 Å². The number of nitrogens with one attached hydrogen (secondary N) is 2. The van der Waals surface area contributed by atoms with Crippen LogP contribution in [-0.2, 0) is 32.6 Å². The number of aromatic nitrogens is 4. The second kappa shape index (κ2) is 11.1. The van der Waals surface area contributed by atoms with Gasteiger partial charge in [-0.15, -0.1) is 0 Å². The van der Waals surface area contributed by atoms with Crippen molar-refractivity contribution in [3.63, 3.8) is 0 Å². The second-order valence-electron chi connectivity index (χ2n) is 10.1. The first-order chi connectivity index (χ1) is 18.7. The van der Waals surface area contributed by atoms with E-state index in [1.54, 1.807) is 12.4 Å². The van der Waals surface area contributed by atoms with Crippen molar-refractivity contribution in [2.24, 2.45) is 0 Å². The van der Waals surface area contributed by atoms with Gasteiger partial charge >= 0.3 is 0 Å². The Morgan fingerprint density at radius 1 is 0.895 bits per heavy atom. The highest BCUT2D eigenvalue weighted by Gasteiger charge is 2.28. The average molecular weight is 506 g/mol. The first kappa shape index (κ1) is 24.3. The van der Waals surface area contributed by atoms with E-state index in [4.69, 9.17) is 9.97 Å². The van der Waals surface area contributed by atoms with Crippen LogP contribution in [0.15, 0.2) is 91.4 Å². The minimum atomic E-state index is 0.262. The summed E-state index contributed by atoms with van der Waals surface area (Å²) in [4.78, 5) is 15.8. The van der Waals surface area contributed by atoms with Gasteiger partial charge in [-0.25, -0.2) is 4.98 Å². The molecule has 7 heteroatoms. The summed E-state index contributed by atoms with van der Waals surface area (Å²) in [6.45, 7) is 3.11. The van der Waals surface area contributed by atoms with E-state index < -0.39 is 0 Å². The fourth-order valence-electron chi connectivity index (χ4n) is 5.41. The Labute approximate surface area is 222 Å². The SMILES string of the molecule is O[n+]1ccc(CNCc2ccc(CN(Cc3nc4ccccc4[nH]3)C3CCCc4cccnc43)cc2)cc1. The Bertz CT molecular complexity index is 1460. The third-order valence-corrected chi connectivity index (χ3v) is 7.35. The van der Waals surface area contributed by atoms with Crippen LogP contribution >= 0.6 is 0 Å². The maximum atomic E-state index is 9.38. The Balaban J connectivity index is 1.18. The second-order valence-corrected chi connectivity index (χ2v) is 10.1. The van der Waals surface area contributed by atoms with Crippen molar-refractivity contribution in [1.29, 1.82) is 0 Å². The zero-order valence-electron chi connectivity index (χ0n) is 21.4. The quantitative estimate of drug-likeness (QED) is 0.197. The number of benzene rings is 2. The van der Waals surface area contributed by atoms with E-state index in [1.165, 1.54) is 28.8 Å². The van der Waals surface area contributed by atoms with Gasteiger partial charge in [0, 0.05) is 42.7 Å². The predicted molar refractivity (Wildman–Crippen MR) is 146 cm³/mol. The van der Waals surface area contributed by atoms with Crippen LogP contribution in [0.5, 0.6) is 0 Å². The first-order valence-electron chi connectivity index (χ1n) is 13.3. The Hall–Kier alpha value is -4.07. The topological polar surface area (TPSA) is 81.0 Å². The van der Waals surface area contributed by atoms with Crippen molar-refractivity contribution in [3.05, 3.63) is 125 Å². The number of pyridine rings is 2. The molecular formula is C31H33N6O+. The van der Waals surface area contributed by atoms with Crippen LogP contribution in [0.25, 0.3) is 11.0 Å². The molecule has 0 saturated heterocycles. The molecule has 3 N–H and O–H groups in total. The standard InChI is InChI=1S/C31H33N6O/c38-37-17-14-24(15-18-37)20-32-19-23-10-12-25(13-11-23)21-36(22-30-34-27-7-1-2-8-28(27)35-30)29-9-3-5-26-6-4-16-33-31(26)29/h1-2,4,6-8,10-18,29,32,38H,3,5,9,19-22H2,(H,34,35)/q+1. The molecule has 0 aliphatic heterocycles. The minimum absolute atomic E-state index is 0.262. The van der Waals surface area contributed by atoms with Crippen molar-refractivity contribution >= 4 is 11.0 Å². The largest absolute Gasteiger partial charge is 0.341 e. The fraction of sp³-hybridized carbons (Fsp3) is 0.258. The summed E-state index contributed by atoms with van der Waals surface area (Å²) >= 11 is 0. The third-order valence-electron chi connectivity index (χ3n) is 7.35. The van der Waals surface area contributed by atoms with E-state index >= 15 is 0 Å². The van der Waals surface area contributed by atoms with Gasteiger partial charge in [0.25, 0.3) is 0 Å². The van der Waals surface area contributed by atoms with Crippen molar-refractivity contribution in [2.45, 2.75) is 51.5 Å². The van der Waals surface area contributed by atoms with Crippen molar-refractivity contribution in [3.8, 4) is 0 Å². The molecule has 1 unspecified atom stereocenters. The van der Waals surface area contributed by atoms with Gasteiger partial charge in [0.15, 0.2) is 0 Å². The van der Waals surface area contributed by atoms with Crippen LogP contribution in [0.4, 0.5) is 0 Å². The lowest BCUT2D eigenvalue weighted by Gasteiger charge is -2.34. The number of H-pyrrole nitrogens is 1. The number of hydrogen-bond donors (Lipinski definition) is 3. The lowest BCUT2D eigenvalue weighted by molar-refractivity contribution is -0.904. The molecule has 1 aliphatic carbocycles. The molecular weight excluding hydrogens is 472 g/mol. The lowest BCUT2D eigenvalue weighted by Crippen LogP contribution is -2.31. The van der Waals surface area contributed by atoms with Crippen LogP contribution in [0.3, 0.4) is 0 Å². The smallest absolute Gasteiger partial charge is 0.222 e. The monoisotopic (exact) mass is 505 g/mol. The number of imidazole rings is 1. The molecule has 0 bridgehead atoms. The van der Waals surface area contributed by atoms with Crippen LogP contribution in [-0.4, -0.2) is 25.1 Å². The van der Waals surface area contributed by atoms with Gasteiger partial charge < -0.3 is 10.3 Å². The van der Waals surface area contributed by atoms with Crippen LogP contribution in [0.2, 0.25) is 0 Å². The van der Waals surface area contributed by atoms with E-state index in [-0.39, 0.29) is 6.04 Å². The molecule has 5 aromatic rings. The molecule has 3 aromatic heterocycles. The number of aromatic amines is 1. The molecule has 38 heavy (non-hydrogen) atoms. The van der Waals surface area contributed by atoms with Crippen molar-refractivity contribution in [2.75, 3.05) is 0 Å². The zero-order valence-corrected chi connectivity index (χ0v) is 21.4. The van der Waals surface area contributed by atoms with Crippen LogP contribution in [0, 0.1) is 0 Å². The normalized spacial score (nSPS) is 15.1. The first-order valence-corrected chi connectivity index (χ1v) is 13.3. The summed E-state index contributed by atoms with van der Waals surface area (Å²) < 4.78 is 1.06. The summed E-state index contributed by atoms with van der Waals surface area (Å²) in [5.74, 6) is 0.989. The maximum absolute atomic E-state index is 9.38. The lowest BCUT2D eigenvalue weighted by atomic mass is 9.90. The van der Waals surface area contributed by atoms with Crippen molar-refractivity contribution in [1.82, 2.24) is 25.2 Å². The molecule has 0 saturated carbocycles. The van der Waals surface area contributed by atoms with Gasteiger partial charge in [0.2, 0.25) is 12.4 Å².